The molecule has 2 N–H and O–H groups in total. The first kappa shape index (κ1) is 22.0. The summed E-state index contributed by atoms with van der Waals surface area (Å²) >= 11 is 0. The normalized spacial score (nSPS) is 24.3. The van der Waals surface area contributed by atoms with Gasteiger partial charge in [0, 0.05) is 25.7 Å². The molecule has 0 unspecified atom stereocenters. The van der Waals surface area contributed by atoms with Gasteiger partial charge < -0.3 is 15.0 Å². The molecule has 1 aromatic carbocycles. The van der Waals surface area contributed by atoms with E-state index in [0.717, 1.165) is 12.1 Å². The maximum absolute atomic E-state index is 13.0. The van der Waals surface area contributed by atoms with Crippen LogP contribution in [0.15, 0.2) is 29.2 Å². The Balaban J connectivity index is 0.00000261. The van der Waals surface area contributed by atoms with E-state index in [1.54, 1.807) is 4.90 Å². The van der Waals surface area contributed by atoms with Crippen LogP contribution < -0.4 is 10.0 Å². The Labute approximate surface area is 165 Å². The Kier molecular flexibility index (Phi) is 7.58. The number of hydrogen-bond acceptors (Lipinski definition) is 5. The van der Waals surface area contributed by atoms with Crippen molar-refractivity contribution in [2.45, 2.75) is 42.8 Å². The lowest BCUT2D eigenvalue weighted by Crippen LogP contribution is -2.58. The number of amides is 1. The lowest BCUT2D eigenvalue weighted by atomic mass is 10.0. The molecule has 1 amide bonds. The second kappa shape index (κ2) is 9.29. The van der Waals surface area contributed by atoms with Gasteiger partial charge >= 0.3 is 0 Å². The Hall–Kier alpha value is -1.26. The van der Waals surface area contributed by atoms with Crippen molar-refractivity contribution in [2.24, 2.45) is 0 Å². The number of carbonyl (C=O) groups is 1. The standard InChI is InChI=1S/C17H24FN3O4S.ClH/c1-12-16(19-8-11-25-12)17(22)21-9-6-14(7-10-21)20-26(23,24)15-4-2-13(18)3-5-15;/h2-5,12,14,16,19-20H,6-11H2,1H3;1H/t12-,16+;/m1./s1. The van der Waals surface area contributed by atoms with E-state index in [9.17, 15) is 17.6 Å². The molecule has 7 nitrogen and oxygen atoms in total. The van der Waals surface area contributed by atoms with Gasteiger partial charge in [-0.3, -0.25) is 4.79 Å². The number of sulfonamides is 1. The predicted octanol–water partition coefficient (Wildman–Crippen LogP) is 0.894. The average Bonchev–Trinajstić information content (AvgIpc) is 2.62. The molecule has 3 rings (SSSR count). The molecule has 0 radical (unpaired) electrons. The Morgan fingerprint density at radius 2 is 1.89 bits per heavy atom. The van der Waals surface area contributed by atoms with Crippen molar-refractivity contribution in [3.8, 4) is 0 Å². The number of ether oxygens (including phenoxy) is 1. The molecule has 0 saturated carbocycles. The van der Waals surface area contributed by atoms with Crippen molar-refractivity contribution in [1.82, 2.24) is 14.9 Å². The van der Waals surface area contributed by atoms with Crippen LogP contribution in [0, 0.1) is 5.82 Å². The molecule has 0 spiro atoms. The zero-order chi connectivity index (χ0) is 18.7. The summed E-state index contributed by atoms with van der Waals surface area (Å²) in [4.78, 5) is 14.4. The van der Waals surface area contributed by atoms with Crippen molar-refractivity contribution < 1.29 is 22.3 Å². The van der Waals surface area contributed by atoms with Gasteiger partial charge in [-0.05, 0) is 44.0 Å². The van der Waals surface area contributed by atoms with E-state index in [4.69, 9.17) is 4.74 Å². The fourth-order valence-corrected chi connectivity index (χ4v) is 4.63. The highest BCUT2D eigenvalue weighted by molar-refractivity contribution is 7.89. The largest absolute Gasteiger partial charge is 0.375 e. The van der Waals surface area contributed by atoms with Gasteiger partial charge in [0.15, 0.2) is 0 Å². The average molecular weight is 422 g/mol. The van der Waals surface area contributed by atoms with Crippen LogP contribution in [0.1, 0.15) is 19.8 Å². The smallest absolute Gasteiger partial charge is 0.242 e. The molecule has 2 aliphatic rings. The highest BCUT2D eigenvalue weighted by Crippen LogP contribution is 2.17. The van der Waals surface area contributed by atoms with E-state index in [2.05, 4.69) is 10.0 Å². The van der Waals surface area contributed by atoms with Gasteiger partial charge in [-0.2, -0.15) is 0 Å². The number of carbonyl (C=O) groups excluding carboxylic acids is 1. The van der Waals surface area contributed by atoms with E-state index in [-0.39, 0.29) is 41.4 Å². The van der Waals surface area contributed by atoms with Crippen LogP contribution in [-0.4, -0.2) is 63.7 Å². The first-order valence-electron chi connectivity index (χ1n) is 8.78. The molecule has 2 aliphatic heterocycles. The lowest BCUT2D eigenvalue weighted by Gasteiger charge is -2.37. The van der Waals surface area contributed by atoms with Crippen molar-refractivity contribution in [3.63, 3.8) is 0 Å². The lowest BCUT2D eigenvalue weighted by molar-refractivity contribution is -0.140. The summed E-state index contributed by atoms with van der Waals surface area (Å²) in [6, 6.07) is 4.13. The molecule has 2 fully saturated rings. The number of nitrogens with one attached hydrogen (secondary N) is 2. The van der Waals surface area contributed by atoms with Gasteiger partial charge in [0.05, 0.1) is 17.6 Å². The molecule has 0 bridgehead atoms. The molecule has 27 heavy (non-hydrogen) atoms. The fraction of sp³-hybridized carbons (Fsp3) is 0.588. The Morgan fingerprint density at radius 1 is 1.26 bits per heavy atom. The summed E-state index contributed by atoms with van der Waals surface area (Å²) in [7, 11) is -3.70. The van der Waals surface area contributed by atoms with Crippen LogP contribution in [0.3, 0.4) is 0 Å². The minimum Gasteiger partial charge on any atom is -0.375 e. The third kappa shape index (κ3) is 5.39. The Morgan fingerprint density at radius 3 is 2.48 bits per heavy atom. The molecule has 152 valence electrons. The third-order valence-corrected chi connectivity index (χ3v) is 6.37. The molecule has 0 aromatic heterocycles. The van der Waals surface area contributed by atoms with Crippen LogP contribution in [0.5, 0.6) is 0 Å². The number of benzene rings is 1. The van der Waals surface area contributed by atoms with Crippen molar-refractivity contribution in [2.75, 3.05) is 26.2 Å². The summed E-state index contributed by atoms with van der Waals surface area (Å²) in [6.07, 6.45) is 0.897. The molecular weight excluding hydrogens is 397 g/mol. The molecule has 0 aliphatic carbocycles. The van der Waals surface area contributed by atoms with E-state index in [0.29, 0.717) is 39.1 Å². The summed E-state index contributed by atoms with van der Waals surface area (Å²) in [5, 5.41) is 3.18. The predicted molar refractivity (Wildman–Crippen MR) is 101 cm³/mol. The van der Waals surface area contributed by atoms with Crippen molar-refractivity contribution in [3.05, 3.63) is 30.1 Å². The fourth-order valence-electron chi connectivity index (χ4n) is 3.33. The van der Waals surface area contributed by atoms with Crippen LogP contribution in [0.4, 0.5) is 4.39 Å². The summed E-state index contributed by atoms with van der Waals surface area (Å²) in [6.45, 7) is 4.09. The SMILES string of the molecule is C[C@H]1OCCN[C@@H]1C(=O)N1CCC(NS(=O)(=O)c2ccc(F)cc2)CC1.Cl. The number of rotatable bonds is 4. The van der Waals surface area contributed by atoms with Gasteiger partial charge in [0.2, 0.25) is 15.9 Å². The van der Waals surface area contributed by atoms with Crippen molar-refractivity contribution in [1.29, 1.82) is 0 Å². The second-order valence-corrected chi connectivity index (χ2v) is 8.40. The number of piperidine rings is 1. The van der Waals surface area contributed by atoms with Gasteiger partial charge in [-0.25, -0.2) is 17.5 Å². The molecule has 2 saturated heterocycles. The number of halogens is 2. The minimum atomic E-state index is -3.70. The van der Waals surface area contributed by atoms with Crippen LogP contribution >= 0.6 is 12.4 Å². The summed E-state index contributed by atoms with van der Waals surface area (Å²) < 4.78 is 45.9. The third-order valence-electron chi connectivity index (χ3n) is 4.83. The highest BCUT2D eigenvalue weighted by atomic mass is 35.5. The topological polar surface area (TPSA) is 87.7 Å². The summed E-state index contributed by atoms with van der Waals surface area (Å²) in [5.74, 6) is -0.484. The van der Waals surface area contributed by atoms with Crippen LogP contribution in [0.25, 0.3) is 0 Å². The Bertz CT molecular complexity index is 739. The molecular formula is C17H25ClFN3O4S. The van der Waals surface area contributed by atoms with Gasteiger partial charge in [0.25, 0.3) is 0 Å². The molecule has 2 atom stereocenters. The summed E-state index contributed by atoms with van der Waals surface area (Å²) in [5.41, 5.74) is 0. The molecule has 2 heterocycles. The molecule has 1 aromatic rings. The maximum Gasteiger partial charge on any atom is 0.242 e. The van der Waals surface area contributed by atoms with Crippen molar-refractivity contribution >= 4 is 28.3 Å². The monoisotopic (exact) mass is 421 g/mol. The minimum absolute atomic E-state index is 0. The number of morpholine rings is 1. The van der Waals surface area contributed by atoms with E-state index < -0.39 is 15.8 Å². The van der Waals surface area contributed by atoms with E-state index in [1.165, 1.54) is 12.1 Å². The van der Waals surface area contributed by atoms with Gasteiger partial charge in [-0.15, -0.1) is 12.4 Å². The quantitative estimate of drug-likeness (QED) is 0.754. The molecule has 10 heteroatoms. The van der Waals surface area contributed by atoms with Crippen LogP contribution in [-0.2, 0) is 19.6 Å². The number of nitrogens with zero attached hydrogens (tertiary/aromatic N) is 1. The number of hydrogen-bond donors (Lipinski definition) is 2. The second-order valence-electron chi connectivity index (χ2n) is 6.68. The van der Waals surface area contributed by atoms with Gasteiger partial charge in [0.1, 0.15) is 11.9 Å². The van der Waals surface area contributed by atoms with E-state index >= 15 is 0 Å². The van der Waals surface area contributed by atoms with Gasteiger partial charge in [-0.1, -0.05) is 0 Å². The number of likely N-dealkylation sites (tertiary alicyclic amines) is 1. The van der Waals surface area contributed by atoms with E-state index in [1.807, 2.05) is 6.92 Å². The highest BCUT2D eigenvalue weighted by Gasteiger charge is 2.34. The zero-order valence-corrected chi connectivity index (χ0v) is 16.7. The first-order valence-corrected chi connectivity index (χ1v) is 10.3. The maximum atomic E-state index is 13.0. The zero-order valence-electron chi connectivity index (χ0n) is 15.1. The first-order chi connectivity index (χ1) is 12.4. The van der Waals surface area contributed by atoms with Crippen LogP contribution in [0.2, 0.25) is 0 Å².